The van der Waals surface area contributed by atoms with Gasteiger partial charge < -0.3 is 14.9 Å². The third-order valence-electron chi connectivity index (χ3n) is 3.39. The third-order valence-corrected chi connectivity index (χ3v) is 4.79. The minimum absolute atomic E-state index is 0.106. The zero-order valence-corrected chi connectivity index (χ0v) is 12.1. The molecule has 0 aliphatic carbocycles. The number of fused-ring (bicyclic) bond motifs is 1. The van der Waals surface area contributed by atoms with Crippen LogP contribution in [0.15, 0.2) is 45.9 Å². The molecule has 1 aromatic heterocycles. The monoisotopic (exact) mass is 308 g/mol. The van der Waals surface area contributed by atoms with Gasteiger partial charge in [0.25, 0.3) is 0 Å². The van der Waals surface area contributed by atoms with E-state index in [-0.39, 0.29) is 17.5 Å². The highest BCUT2D eigenvalue weighted by Gasteiger charge is 2.22. The van der Waals surface area contributed by atoms with Crippen molar-refractivity contribution in [1.29, 1.82) is 0 Å². The predicted molar refractivity (Wildman–Crippen MR) is 76.2 cm³/mol. The molecule has 3 rings (SSSR count). The largest absolute Gasteiger partial charge is 0.493 e. The second kappa shape index (κ2) is 5.51. The van der Waals surface area contributed by atoms with Crippen LogP contribution in [0.1, 0.15) is 23.8 Å². The van der Waals surface area contributed by atoms with E-state index in [2.05, 4.69) is 4.72 Å². The smallest absolute Gasteiger partial charge is 0.240 e. The molecule has 0 amide bonds. The minimum atomic E-state index is -3.61. The molecule has 21 heavy (non-hydrogen) atoms. The van der Waals surface area contributed by atoms with Gasteiger partial charge in [-0.25, -0.2) is 13.1 Å². The van der Waals surface area contributed by atoms with Crippen molar-refractivity contribution in [3.8, 4) is 5.75 Å². The van der Waals surface area contributed by atoms with Crippen LogP contribution in [0.2, 0.25) is 0 Å². The van der Waals surface area contributed by atoms with Crippen LogP contribution in [0.25, 0.3) is 0 Å². The maximum Gasteiger partial charge on any atom is 0.240 e. The Morgan fingerprint density at radius 3 is 2.95 bits per heavy atom. The first-order valence-electron chi connectivity index (χ1n) is 6.60. The number of rotatable bonds is 4. The van der Waals surface area contributed by atoms with E-state index >= 15 is 0 Å². The summed E-state index contributed by atoms with van der Waals surface area (Å²) in [4.78, 5) is 0.175. The van der Waals surface area contributed by atoms with Gasteiger partial charge in [-0.2, -0.15) is 0 Å². The number of ether oxygens (including phenoxy) is 1. The van der Waals surface area contributed by atoms with E-state index < -0.39 is 10.0 Å². The van der Waals surface area contributed by atoms with Crippen LogP contribution in [-0.2, 0) is 16.6 Å². The summed E-state index contributed by atoms with van der Waals surface area (Å²) in [6, 6.07) is 7.95. The van der Waals surface area contributed by atoms with E-state index in [0.717, 1.165) is 5.56 Å². The average Bonchev–Trinajstić information content (AvgIpc) is 2.99. The Bertz CT molecular complexity index is 725. The van der Waals surface area contributed by atoms with Crippen molar-refractivity contribution >= 4 is 10.0 Å². The van der Waals surface area contributed by atoms with E-state index in [0.29, 0.717) is 24.5 Å². The molecule has 6 nitrogen and oxygen atoms in total. The van der Waals surface area contributed by atoms with Crippen LogP contribution in [0.3, 0.4) is 0 Å². The van der Waals surface area contributed by atoms with Crippen molar-refractivity contribution in [3.05, 3.63) is 47.9 Å². The van der Waals surface area contributed by atoms with Gasteiger partial charge in [-0.3, -0.25) is 0 Å². The molecule has 3 N–H and O–H groups in total. The number of nitrogens with two attached hydrogens (primary N) is 1. The van der Waals surface area contributed by atoms with E-state index in [1.165, 1.54) is 12.3 Å². The Morgan fingerprint density at radius 1 is 1.33 bits per heavy atom. The molecule has 0 saturated carbocycles. The molecular formula is C14H16N2O4S. The molecule has 2 heterocycles. The molecule has 0 radical (unpaired) electrons. The molecule has 7 heteroatoms. The molecule has 1 unspecified atom stereocenters. The maximum atomic E-state index is 12.3. The second-order valence-corrected chi connectivity index (χ2v) is 6.61. The van der Waals surface area contributed by atoms with E-state index in [9.17, 15) is 8.42 Å². The first-order valence-corrected chi connectivity index (χ1v) is 8.09. The first kappa shape index (κ1) is 14.1. The van der Waals surface area contributed by atoms with Gasteiger partial charge in [-0.15, -0.1) is 0 Å². The Balaban J connectivity index is 1.83. The topological polar surface area (TPSA) is 94.6 Å². The normalized spacial score (nSPS) is 18.0. The Morgan fingerprint density at radius 2 is 2.19 bits per heavy atom. The lowest BCUT2D eigenvalue weighted by Crippen LogP contribution is -2.25. The maximum absolute atomic E-state index is 12.3. The van der Waals surface area contributed by atoms with Crippen molar-refractivity contribution in [2.45, 2.75) is 23.9 Å². The van der Waals surface area contributed by atoms with Gasteiger partial charge in [0.05, 0.1) is 24.3 Å². The number of nitrogens with one attached hydrogen (secondary N) is 1. The van der Waals surface area contributed by atoms with Crippen LogP contribution in [0, 0.1) is 0 Å². The van der Waals surface area contributed by atoms with Crippen molar-refractivity contribution in [2.75, 3.05) is 6.61 Å². The summed E-state index contributed by atoms with van der Waals surface area (Å²) in [5.74, 6) is 1.20. The molecule has 1 aliphatic rings. The van der Waals surface area contributed by atoms with E-state index in [1.54, 1.807) is 24.3 Å². The van der Waals surface area contributed by atoms with Gasteiger partial charge >= 0.3 is 0 Å². The number of hydrogen-bond acceptors (Lipinski definition) is 5. The predicted octanol–water partition coefficient (Wildman–Crippen LogP) is 1.54. The highest BCUT2D eigenvalue weighted by atomic mass is 32.2. The molecule has 1 aromatic carbocycles. The Kier molecular flexibility index (Phi) is 3.71. The highest BCUT2D eigenvalue weighted by molar-refractivity contribution is 7.89. The van der Waals surface area contributed by atoms with Gasteiger partial charge in [-0.1, -0.05) is 0 Å². The summed E-state index contributed by atoms with van der Waals surface area (Å²) in [5, 5.41) is 0. The molecule has 1 aliphatic heterocycles. The number of furan rings is 1. The molecule has 2 aromatic rings. The summed E-state index contributed by atoms with van der Waals surface area (Å²) < 4.78 is 37.6. The molecule has 0 saturated heterocycles. The second-order valence-electron chi connectivity index (χ2n) is 4.85. The first-order chi connectivity index (χ1) is 10.1. The molecule has 0 bridgehead atoms. The number of benzene rings is 1. The van der Waals surface area contributed by atoms with Gasteiger partial charge in [-0.05, 0) is 30.3 Å². The lowest BCUT2D eigenvalue weighted by atomic mass is 10.0. The van der Waals surface area contributed by atoms with Gasteiger partial charge in [0.2, 0.25) is 10.0 Å². The molecule has 112 valence electrons. The van der Waals surface area contributed by atoms with Gasteiger partial charge in [0.15, 0.2) is 0 Å². The van der Waals surface area contributed by atoms with Crippen molar-refractivity contribution in [1.82, 2.24) is 4.72 Å². The molecular weight excluding hydrogens is 292 g/mol. The van der Waals surface area contributed by atoms with E-state index in [1.807, 2.05) is 0 Å². The number of hydrogen-bond donors (Lipinski definition) is 2. The molecule has 0 fully saturated rings. The fraction of sp³-hybridized carbons (Fsp3) is 0.286. The Hall–Kier alpha value is -1.83. The van der Waals surface area contributed by atoms with E-state index in [4.69, 9.17) is 14.9 Å². The van der Waals surface area contributed by atoms with Crippen LogP contribution < -0.4 is 15.2 Å². The Labute approximate surface area is 123 Å². The quantitative estimate of drug-likeness (QED) is 0.893. The standard InChI is InChI=1S/C14H16N2O4S/c15-13-5-7-20-14-4-3-11(8-12(13)14)21(17,18)16-9-10-2-1-6-19-10/h1-4,6,8,13,16H,5,7,9,15H2. The molecule has 1 atom stereocenters. The number of sulfonamides is 1. The van der Waals surface area contributed by atoms with Crippen LogP contribution >= 0.6 is 0 Å². The van der Waals surface area contributed by atoms with Crippen LogP contribution in [-0.4, -0.2) is 15.0 Å². The van der Waals surface area contributed by atoms with Crippen molar-refractivity contribution < 1.29 is 17.6 Å². The zero-order valence-electron chi connectivity index (χ0n) is 11.3. The van der Waals surface area contributed by atoms with Gasteiger partial charge in [0, 0.05) is 18.0 Å². The molecule has 0 spiro atoms. The lowest BCUT2D eigenvalue weighted by molar-refractivity contribution is 0.268. The lowest BCUT2D eigenvalue weighted by Gasteiger charge is -2.23. The average molecular weight is 308 g/mol. The minimum Gasteiger partial charge on any atom is -0.493 e. The van der Waals surface area contributed by atoms with Gasteiger partial charge in [0.1, 0.15) is 11.5 Å². The fourth-order valence-corrected chi connectivity index (χ4v) is 3.26. The van der Waals surface area contributed by atoms with Crippen molar-refractivity contribution in [3.63, 3.8) is 0 Å². The summed E-state index contributed by atoms with van der Waals surface area (Å²) in [5.41, 5.74) is 6.72. The van der Waals surface area contributed by atoms with Crippen molar-refractivity contribution in [2.24, 2.45) is 5.73 Å². The summed E-state index contributed by atoms with van der Waals surface area (Å²) >= 11 is 0. The summed E-state index contributed by atoms with van der Waals surface area (Å²) in [6.45, 7) is 0.659. The zero-order chi connectivity index (χ0) is 14.9. The summed E-state index contributed by atoms with van der Waals surface area (Å²) in [7, 11) is -3.61. The third kappa shape index (κ3) is 2.94. The van der Waals surface area contributed by atoms with Crippen LogP contribution in [0.4, 0.5) is 0 Å². The van der Waals surface area contributed by atoms with Crippen LogP contribution in [0.5, 0.6) is 5.75 Å². The fourth-order valence-electron chi connectivity index (χ4n) is 2.23. The SMILES string of the molecule is NC1CCOc2ccc(S(=O)(=O)NCc3ccco3)cc21. The summed E-state index contributed by atoms with van der Waals surface area (Å²) in [6.07, 6.45) is 2.18. The highest BCUT2D eigenvalue weighted by Crippen LogP contribution is 2.32.